The first kappa shape index (κ1) is 14.3. The van der Waals surface area contributed by atoms with E-state index in [9.17, 15) is 9.59 Å². The first-order valence-corrected chi connectivity index (χ1v) is 7.23. The zero-order valence-corrected chi connectivity index (χ0v) is 11.3. The van der Waals surface area contributed by atoms with Crippen LogP contribution in [-0.2, 0) is 15.3 Å². The van der Waals surface area contributed by atoms with Gasteiger partial charge in [-0.1, -0.05) is 11.6 Å². The van der Waals surface area contributed by atoms with E-state index in [0.29, 0.717) is 5.75 Å². The summed E-state index contributed by atoms with van der Waals surface area (Å²) < 4.78 is 0.742. The summed E-state index contributed by atoms with van der Waals surface area (Å²) in [6.07, 6.45) is -0.0447. The van der Waals surface area contributed by atoms with Crippen LogP contribution in [0.25, 0.3) is 0 Å². The molecule has 1 aromatic heterocycles. The number of rotatable bonds is 7. The predicted molar refractivity (Wildman–Crippen MR) is 70.8 cm³/mol. The first-order chi connectivity index (χ1) is 8.08. The van der Waals surface area contributed by atoms with Crippen LogP contribution in [0, 0.1) is 0 Å². The molecule has 4 nitrogen and oxygen atoms in total. The lowest BCUT2D eigenvalue weighted by molar-refractivity contribution is -0.136. The predicted octanol–water partition coefficient (Wildman–Crippen LogP) is 2.23. The molecule has 17 heavy (non-hydrogen) atoms. The summed E-state index contributed by atoms with van der Waals surface area (Å²) in [6, 6.07) is 3.76. The summed E-state index contributed by atoms with van der Waals surface area (Å²) in [5, 5.41) is 10.9. The van der Waals surface area contributed by atoms with E-state index in [1.807, 2.05) is 12.1 Å². The van der Waals surface area contributed by atoms with E-state index in [2.05, 4.69) is 5.32 Å². The molecular formula is C10H12ClNO3S2. The van der Waals surface area contributed by atoms with E-state index >= 15 is 0 Å². The van der Waals surface area contributed by atoms with Crippen molar-refractivity contribution in [2.75, 3.05) is 12.3 Å². The van der Waals surface area contributed by atoms with Gasteiger partial charge in [0.15, 0.2) is 0 Å². The average Bonchev–Trinajstić information content (AvgIpc) is 2.63. The highest BCUT2D eigenvalue weighted by molar-refractivity contribution is 7.99. The highest BCUT2D eigenvalue weighted by Gasteiger charge is 2.04. The van der Waals surface area contributed by atoms with Gasteiger partial charge in [-0.2, -0.15) is 0 Å². The maximum Gasteiger partial charge on any atom is 0.305 e. The van der Waals surface area contributed by atoms with Crippen molar-refractivity contribution in [2.24, 2.45) is 0 Å². The summed E-state index contributed by atoms with van der Waals surface area (Å²) in [7, 11) is 0. The van der Waals surface area contributed by atoms with Crippen LogP contribution in [0.5, 0.6) is 0 Å². The molecule has 94 valence electrons. The third kappa shape index (κ3) is 6.55. The van der Waals surface area contributed by atoms with Crippen molar-refractivity contribution in [3.63, 3.8) is 0 Å². The van der Waals surface area contributed by atoms with Crippen LogP contribution in [0.4, 0.5) is 0 Å². The second-order valence-electron chi connectivity index (χ2n) is 3.19. The van der Waals surface area contributed by atoms with Crippen LogP contribution >= 0.6 is 34.7 Å². The van der Waals surface area contributed by atoms with E-state index in [1.54, 1.807) is 0 Å². The molecule has 1 rings (SSSR count). The van der Waals surface area contributed by atoms with Crippen molar-refractivity contribution >= 4 is 46.6 Å². The Morgan fingerprint density at radius 1 is 1.47 bits per heavy atom. The van der Waals surface area contributed by atoms with Crippen molar-refractivity contribution in [3.05, 3.63) is 21.3 Å². The van der Waals surface area contributed by atoms with Crippen molar-refractivity contribution in [3.8, 4) is 0 Å². The fourth-order valence-electron chi connectivity index (χ4n) is 1.03. The minimum atomic E-state index is -0.911. The molecule has 1 aromatic rings. The number of thiophene rings is 1. The number of carbonyl (C=O) groups excluding carboxylic acids is 1. The lowest BCUT2D eigenvalue weighted by atomic mass is 10.4. The Labute approximate surface area is 112 Å². The van der Waals surface area contributed by atoms with Gasteiger partial charge >= 0.3 is 5.97 Å². The number of halogens is 1. The second kappa shape index (κ2) is 7.58. The van der Waals surface area contributed by atoms with E-state index in [-0.39, 0.29) is 18.9 Å². The summed E-state index contributed by atoms with van der Waals surface area (Å²) >= 11 is 8.75. The minimum absolute atomic E-state index is 0.0447. The van der Waals surface area contributed by atoms with Crippen LogP contribution in [-0.4, -0.2) is 29.3 Å². The van der Waals surface area contributed by atoms with Crippen LogP contribution < -0.4 is 5.32 Å². The zero-order chi connectivity index (χ0) is 12.7. The fraction of sp³-hybridized carbons (Fsp3) is 0.400. The quantitative estimate of drug-likeness (QED) is 0.809. The fourth-order valence-corrected chi connectivity index (χ4v) is 3.09. The molecule has 2 N–H and O–H groups in total. The normalized spacial score (nSPS) is 10.2. The number of carbonyl (C=O) groups is 2. The summed E-state index contributed by atoms with van der Waals surface area (Å²) in [5.41, 5.74) is 0. The van der Waals surface area contributed by atoms with Crippen molar-refractivity contribution in [1.29, 1.82) is 0 Å². The SMILES string of the molecule is O=C(O)CCNC(=O)CSCc1ccc(Cl)s1. The molecule has 0 aliphatic carbocycles. The van der Waals surface area contributed by atoms with Gasteiger partial charge in [-0.15, -0.1) is 23.1 Å². The third-order valence-electron chi connectivity index (χ3n) is 1.77. The molecule has 0 saturated carbocycles. The molecule has 0 aromatic carbocycles. The number of aliphatic carboxylic acids is 1. The number of hydrogen-bond donors (Lipinski definition) is 2. The van der Waals surface area contributed by atoms with Crippen LogP contribution in [0.3, 0.4) is 0 Å². The van der Waals surface area contributed by atoms with Crippen LogP contribution in [0.2, 0.25) is 4.34 Å². The molecule has 0 aliphatic rings. The molecule has 7 heteroatoms. The molecular weight excluding hydrogens is 282 g/mol. The van der Waals surface area contributed by atoms with Gasteiger partial charge in [0.05, 0.1) is 16.5 Å². The Kier molecular flexibility index (Phi) is 6.39. The van der Waals surface area contributed by atoms with E-state index in [0.717, 1.165) is 15.0 Å². The van der Waals surface area contributed by atoms with E-state index in [1.165, 1.54) is 23.1 Å². The number of hydrogen-bond acceptors (Lipinski definition) is 4. The molecule has 0 atom stereocenters. The van der Waals surface area contributed by atoms with Gasteiger partial charge in [0.25, 0.3) is 0 Å². The molecule has 0 fully saturated rings. The molecule has 0 saturated heterocycles. The Morgan fingerprint density at radius 2 is 2.24 bits per heavy atom. The van der Waals surface area contributed by atoms with Crippen molar-refractivity contribution < 1.29 is 14.7 Å². The van der Waals surface area contributed by atoms with Gasteiger partial charge in [0.1, 0.15) is 0 Å². The van der Waals surface area contributed by atoms with Gasteiger partial charge in [0, 0.05) is 17.2 Å². The standard InChI is InChI=1S/C10H12ClNO3S2/c11-8-2-1-7(17-8)5-16-6-9(13)12-4-3-10(14)15/h1-2H,3-6H2,(H,12,13)(H,14,15). The molecule has 0 unspecified atom stereocenters. The smallest absolute Gasteiger partial charge is 0.305 e. The number of carboxylic acids is 1. The second-order valence-corrected chi connectivity index (χ2v) is 5.98. The maximum atomic E-state index is 11.3. The number of nitrogens with one attached hydrogen (secondary N) is 1. The number of carboxylic acid groups (broad SMARTS) is 1. The Morgan fingerprint density at radius 3 is 2.82 bits per heavy atom. The van der Waals surface area contributed by atoms with Gasteiger partial charge in [-0.3, -0.25) is 9.59 Å². The van der Waals surface area contributed by atoms with E-state index < -0.39 is 5.97 Å². The molecule has 0 bridgehead atoms. The van der Waals surface area contributed by atoms with Gasteiger partial charge in [-0.05, 0) is 12.1 Å². The molecule has 1 amide bonds. The average molecular weight is 294 g/mol. The lowest BCUT2D eigenvalue weighted by Crippen LogP contribution is -2.27. The lowest BCUT2D eigenvalue weighted by Gasteiger charge is -2.02. The minimum Gasteiger partial charge on any atom is -0.481 e. The molecule has 0 aliphatic heterocycles. The van der Waals surface area contributed by atoms with Gasteiger partial charge in [0.2, 0.25) is 5.91 Å². The Balaban J connectivity index is 2.10. The van der Waals surface area contributed by atoms with Gasteiger partial charge < -0.3 is 10.4 Å². The highest BCUT2D eigenvalue weighted by Crippen LogP contribution is 2.24. The molecule has 1 heterocycles. The Bertz CT molecular complexity index is 395. The van der Waals surface area contributed by atoms with Crippen LogP contribution in [0.15, 0.2) is 12.1 Å². The topological polar surface area (TPSA) is 66.4 Å². The number of amides is 1. The highest BCUT2D eigenvalue weighted by atomic mass is 35.5. The van der Waals surface area contributed by atoms with Crippen LogP contribution in [0.1, 0.15) is 11.3 Å². The Hall–Kier alpha value is -0.720. The number of thioether (sulfide) groups is 1. The van der Waals surface area contributed by atoms with E-state index in [4.69, 9.17) is 16.7 Å². The maximum absolute atomic E-state index is 11.3. The largest absolute Gasteiger partial charge is 0.481 e. The summed E-state index contributed by atoms with van der Waals surface area (Å²) in [6.45, 7) is 0.180. The third-order valence-corrected chi connectivity index (χ3v) is 4.16. The first-order valence-electron chi connectivity index (χ1n) is 4.88. The molecule has 0 spiro atoms. The van der Waals surface area contributed by atoms with Crippen molar-refractivity contribution in [2.45, 2.75) is 12.2 Å². The van der Waals surface area contributed by atoms with Crippen molar-refractivity contribution in [1.82, 2.24) is 5.32 Å². The monoisotopic (exact) mass is 293 g/mol. The zero-order valence-electron chi connectivity index (χ0n) is 8.94. The molecule has 0 radical (unpaired) electrons. The summed E-state index contributed by atoms with van der Waals surface area (Å²) in [4.78, 5) is 22.6. The van der Waals surface area contributed by atoms with Gasteiger partial charge in [-0.25, -0.2) is 0 Å². The summed E-state index contributed by atoms with van der Waals surface area (Å²) in [5.74, 6) is 0.0175.